The molecule has 1 saturated carbocycles. The van der Waals surface area contributed by atoms with E-state index in [9.17, 15) is 4.79 Å². The molecular formula is C16H19N5O2. The molecule has 4 N–H and O–H groups in total. The summed E-state index contributed by atoms with van der Waals surface area (Å²) in [5, 5.41) is 21.3. The van der Waals surface area contributed by atoms with Gasteiger partial charge in [-0.3, -0.25) is 4.90 Å². The Balaban J connectivity index is 0.000000433. The van der Waals surface area contributed by atoms with Gasteiger partial charge < -0.3 is 21.3 Å². The maximum absolute atomic E-state index is 11.7. The lowest BCUT2D eigenvalue weighted by molar-refractivity contribution is 0.145. The summed E-state index contributed by atoms with van der Waals surface area (Å²) in [5.41, 5.74) is 7.04. The van der Waals surface area contributed by atoms with Crippen molar-refractivity contribution in [2.75, 3.05) is 18.0 Å². The number of nitrogens with zero attached hydrogens (tertiary/aromatic N) is 2. The molecule has 0 aromatic heterocycles. The van der Waals surface area contributed by atoms with Crippen molar-refractivity contribution in [3.63, 3.8) is 0 Å². The molecule has 1 aliphatic carbocycles. The maximum Gasteiger partial charge on any atom is 0.414 e. The minimum absolute atomic E-state index is 0.235. The molecule has 1 saturated heterocycles. The molecule has 0 spiro atoms. The standard InChI is InChI=1S/C14H15N3O2.C2H4N2/c15-7-12-8-17(13(18)19-12)11-3-1-10(2-4-11)14(9-16)5-6-14;3-1-2-4/h1-4,12H,5-8,15H2;1-4H/t12-;/m0./s1. The van der Waals surface area contributed by atoms with E-state index in [0.717, 1.165) is 36.5 Å². The van der Waals surface area contributed by atoms with Crippen molar-refractivity contribution >= 4 is 24.2 Å². The Morgan fingerprint density at radius 1 is 1.35 bits per heavy atom. The van der Waals surface area contributed by atoms with E-state index >= 15 is 0 Å². The van der Waals surface area contributed by atoms with E-state index in [2.05, 4.69) is 6.07 Å². The summed E-state index contributed by atoms with van der Waals surface area (Å²) in [7, 11) is 0. The Morgan fingerprint density at radius 3 is 2.35 bits per heavy atom. The van der Waals surface area contributed by atoms with Gasteiger partial charge in [0.25, 0.3) is 0 Å². The Bertz CT molecular complexity index is 625. The Morgan fingerprint density at radius 2 is 1.96 bits per heavy atom. The van der Waals surface area contributed by atoms with Gasteiger partial charge in [0.1, 0.15) is 6.10 Å². The van der Waals surface area contributed by atoms with E-state index < -0.39 is 0 Å². The zero-order chi connectivity index (χ0) is 16.9. The highest BCUT2D eigenvalue weighted by Crippen LogP contribution is 2.47. The average molecular weight is 313 g/mol. The number of hydrogen-bond acceptors (Lipinski definition) is 6. The molecule has 7 nitrogen and oxygen atoms in total. The predicted molar refractivity (Wildman–Crippen MR) is 87.2 cm³/mol. The number of nitriles is 1. The highest BCUT2D eigenvalue weighted by Gasteiger charge is 2.44. The van der Waals surface area contributed by atoms with Crippen molar-refractivity contribution < 1.29 is 9.53 Å². The SMILES string of the molecule is N#CC1(c2ccc(N3C[C@H](CN)OC3=O)cc2)CC1.N=CC=N. The third-order valence-corrected chi connectivity index (χ3v) is 3.92. The van der Waals surface area contributed by atoms with Gasteiger partial charge >= 0.3 is 6.09 Å². The minimum atomic E-state index is -0.357. The van der Waals surface area contributed by atoms with Crippen molar-refractivity contribution in [1.29, 1.82) is 16.1 Å². The van der Waals surface area contributed by atoms with Crippen molar-refractivity contribution in [3.05, 3.63) is 29.8 Å². The number of benzene rings is 1. The number of cyclic esters (lactones) is 1. The van der Waals surface area contributed by atoms with Gasteiger partial charge in [-0.05, 0) is 30.5 Å². The van der Waals surface area contributed by atoms with Crippen LogP contribution in [0.5, 0.6) is 0 Å². The molecule has 0 unspecified atom stereocenters. The number of nitrogens with one attached hydrogen (secondary N) is 2. The first-order valence-electron chi connectivity index (χ1n) is 7.29. The van der Waals surface area contributed by atoms with E-state index in [-0.39, 0.29) is 17.6 Å². The van der Waals surface area contributed by atoms with Gasteiger partial charge in [-0.25, -0.2) is 4.79 Å². The molecule has 120 valence electrons. The second-order valence-corrected chi connectivity index (χ2v) is 5.43. The molecule has 1 aliphatic heterocycles. The van der Waals surface area contributed by atoms with Crippen molar-refractivity contribution in [3.8, 4) is 6.07 Å². The Labute approximate surface area is 134 Å². The number of nitrogens with two attached hydrogens (primary N) is 1. The molecular weight excluding hydrogens is 294 g/mol. The third kappa shape index (κ3) is 3.55. The number of amides is 1. The van der Waals surface area contributed by atoms with Crippen LogP contribution in [0, 0.1) is 22.1 Å². The van der Waals surface area contributed by atoms with Gasteiger partial charge in [-0.15, -0.1) is 0 Å². The lowest BCUT2D eigenvalue weighted by Crippen LogP contribution is -2.27. The zero-order valence-corrected chi connectivity index (χ0v) is 12.7. The molecule has 1 heterocycles. The van der Waals surface area contributed by atoms with Crippen molar-refractivity contribution in [2.45, 2.75) is 24.4 Å². The number of anilines is 1. The normalized spacial score (nSPS) is 20.6. The molecule has 1 amide bonds. The second kappa shape index (κ2) is 7.03. The third-order valence-electron chi connectivity index (χ3n) is 3.92. The first-order valence-corrected chi connectivity index (χ1v) is 7.29. The van der Waals surface area contributed by atoms with Crippen LogP contribution in [0.4, 0.5) is 10.5 Å². The van der Waals surface area contributed by atoms with E-state index in [1.54, 1.807) is 4.90 Å². The molecule has 2 aliphatic rings. The van der Waals surface area contributed by atoms with Crippen LogP contribution in [0.25, 0.3) is 0 Å². The van der Waals surface area contributed by atoms with E-state index in [0.29, 0.717) is 13.1 Å². The summed E-state index contributed by atoms with van der Waals surface area (Å²) in [4.78, 5) is 13.3. The molecule has 1 atom stereocenters. The number of carbonyl (C=O) groups is 1. The van der Waals surface area contributed by atoms with Crippen LogP contribution in [0.1, 0.15) is 18.4 Å². The molecule has 1 aromatic carbocycles. The monoisotopic (exact) mass is 313 g/mol. The summed E-state index contributed by atoms with van der Waals surface area (Å²) >= 11 is 0. The number of rotatable bonds is 4. The fourth-order valence-electron chi connectivity index (χ4n) is 2.41. The average Bonchev–Trinajstić information content (AvgIpc) is 3.31. The summed E-state index contributed by atoms with van der Waals surface area (Å²) < 4.78 is 5.12. The lowest BCUT2D eigenvalue weighted by Gasteiger charge is -2.14. The van der Waals surface area contributed by atoms with Crippen LogP contribution in [-0.4, -0.2) is 37.7 Å². The molecule has 0 radical (unpaired) electrons. The first-order chi connectivity index (χ1) is 11.1. The smallest absolute Gasteiger partial charge is 0.414 e. The van der Waals surface area contributed by atoms with Crippen LogP contribution < -0.4 is 10.6 Å². The molecule has 0 bridgehead atoms. The van der Waals surface area contributed by atoms with E-state index in [1.807, 2.05) is 24.3 Å². The van der Waals surface area contributed by atoms with Crippen molar-refractivity contribution in [1.82, 2.24) is 0 Å². The second-order valence-electron chi connectivity index (χ2n) is 5.43. The Kier molecular flexibility index (Phi) is 5.09. The van der Waals surface area contributed by atoms with Gasteiger partial charge in [-0.2, -0.15) is 5.26 Å². The summed E-state index contributed by atoms with van der Waals surface area (Å²) in [5.74, 6) is 0. The van der Waals surface area contributed by atoms with Crippen LogP contribution in [0.2, 0.25) is 0 Å². The maximum atomic E-state index is 11.7. The highest BCUT2D eigenvalue weighted by molar-refractivity contribution is 6.12. The molecule has 23 heavy (non-hydrogen) atoms. The van der Waals surface area contributed by atoms with Crippen LogP contribution in [0.15, 0.2) is 24.3 Å². The highest BCUT2D eigenvalue weighted by atomic mass is 16.6. The number of ether oxygens (including phenoxy) is 1. The fraction of sp³-hybridized carbons (Fsp3) is 0.375. The Hall–Kier alpha value is -2.72. The van der Waals surface area contributed by atoms with Gasteiger partial charge in [-0.1, -0.05) is 12.1 Å². The largest absolute Gasteiger partial charge is 0.443 e. The van der Waals surface area contributed by atoms with E-state index in [1.165, 1.54) is 0 Å². The van der Waals surface area contributed by atoms with Gasteiger partial charge in [0.15, 0.2) is 0 Å². The van der Waals surface area contributed by atoms with Gasteiger partial charge in [0, 0.05) is 24.7 Å². The molecule has 7 heteroatoms. The minimum Gasteiger partial charge on any atom is -0.443 e. The summed E-state index contributed by atoms with van der Waals surface area (Å²) in [6.07, 6.45) is 3.08. The van der Waals surface area contributed by atoms with Crippen molar-refractivity contribution in [2.24, 2.45) is 5.73 Å². The topological polar surface area (TPSA) is 127 Å². The molecule has 1 aromatic rings. The predicted octanol–water partition coefficient (Wildman–Crippen LogP) is 1.81. The summed E-state index contributed by atoms with van der Waals surface area (Å²) in [6, 6.07) is 9.95. The molecule has 2 fully saturated rings. The van der Waals surface area contributed by atoms with Gasteiger partial charge in [0.05, 0.1) is 18.0 Å². The number of carbonyl (C=O) groups excluding carboxylic acids is 1. The van der Waals surface area contributed by atoms with Crippen LogP contribution >= 0.6 is 0 Å². The quantitative estimate of drug-likeness (QED) is 0.732. The van der Waals surface area contributed by atoms with E-state index in [4.69, 9.17) is 26.6 Å². The lowest BCUT2D eigenvalue weighted by atomic mass is 9.97. The number of hydrogen-bond donors (Lipinski definition) is 3. The fourth-order valence-corrected chi connectivity index (χ4v) is 2.41. The van der Waals surface area contributed by atoms with Crippen LogP contribution in [0.3, 0.4) is 0 Å². The van der Waals surface area contributed by atoms with Crippen LogP contribution in [-0.2, 0) is 10.2 Å². The molecule has 3 rings (SSSR count). The van der Waals surface area contributed by atoms with Gasteiger partial charge in [0.2, 0.25) is 0 Å². The summed E-state index contributed by atoms with van der Waals surface area (Å²) in [6.45, 7) is 0.815. The zero-order valence-electron chi connectivity index (χ0n) is 12.7. The first kappa shape index (κ1) is 16.6.